The van der Waals surface area contributed by atoms with Crippen LogP contribution in [0.2, 0.25) is 0 Å². The summed E-state index contributed by atoms with van der Waals surface area (Å²) in [7, 11) is 1.24. The lowest BCUT2D eigenvalue weighted by atomic mass is 10.1. The number of methoxy groups -OCH3 is 1. The molecule has 25 heavy (non-hydrogen) atoms. The third-order valence-electron chi connectivity index (χ3n) is 4.07. The molecule has 3 rings (SSSR count). The van der Waals surface area contributed by atoms with Gasteiger partial charge in [0.15, 0.2) is 0 Å². The molecule has 0 fully saturated rings. The van der Waals surface area contributed by atoms with Crippen LogP contribution in [0.5, 0.6) is 0 Å². The maximum Gasteiger partial charge on any atom is 0.325 e. The van der Waals surface area contributed by atoms with Gasteiger partial charge in [-0.2, -0.15) is 5.10 Å². The fourth-order valence-electron chi connectivity index (χ4n) is 2.86. The van der Waals surface area contributed by atoms with Crippen molar-refractivity contribution in [2.45, 2.75) is 19.9 Å². The predicted octanol–water partition coefficient (Wildman–Crippen LogP) is 2.08. The molecule has 6 nitrogen and oxygen atoms in total. The number of esters is 1. The predicted molar refractivity (Wildman–Crippen MR) is 86.3 cm³/mol. The zero-order valence-electron chi connectivity index (χ0n) is 13.6. The lowest BCUT2D eigenvalue weighted by molar-refractivity contribution is -0.141. The zero-order chi connectivity index (χ0) is 18.1. The van der Waals surface area contributed by atoms with Gasteiger partial charge in [0.2, 0.25) is 0 Å². The standard InChI is InChI=1S/C17H15F2N3O3/c1-9-12(7-11-3-4-15(23)21-20-11)13-5-10(18)6-14(19)17(13)22(9)8-16(24)25-2/h3-6H,7-8H2,1-2H3,(H,21,23). The SMILES string of the molecule is COC(=O)Cn1c(C)c(Cc2ccc(=O)[nH]n2)c2cc(F)cc(F)c21. The fourth-order valence-corrected chi connectivity index (χ4v) is 2.86. The number of ether oxygens (including phenoxy) is 1. The van der Waals surface area contributed by atoms with E-state index in [2.05, 4.69) is 14.9 Å². The first kappa shape index (κ1) is 16.8. The third-order valence-corrected chi connectivity index (χ3v) is 4.07. The van der Waals surface area contributed by atoms with Crippen molar-refractivity contribution >= 4 is 16.9 Å². The van der Waals surface area contributed by atoms with Crippen LogP contribution in [0.4, 0.5) is 8.78 Å². The highest BCUT2D eigenvalue weighted by atomic mass is 19.1. The van der Waals surface area contributed by atoms with Crippen LogP contribution in [0, 0.1) is 18.6 Å². The number of nitrogens with one attached hydrogen (secondary N) is 1. The second-order valence-corrected chi connectivity index (χ2v) is 5.60. The van der Waals surface area contributed by atoms with Gasteiger partial charge in [-0.05, 0) is 24.6 Å². The van der Waals surface area contributed by atoms with Crippen molar-refractivity contribution in [1.82, 2.24) is 14.8 Å². The molecule has 0 radical (unpaired) electrons. The number of halogens is 2. The largest absolute Gasteiger partial charge is 0.468 e. The number of benzene rings is 1. The highest BCUT2D eigenvalue weighted by Gasteiger charge is 2.21. The first-order chi connectivity index (χ1) is 11.9. The van der Waals surface area contributed by atoms with Crippen molar-refractivity contribution in [3.8, 4) is 0 Å². The lowest BCUT2D eigenvalue weighted by Crippen LogP contribution is -2.13. The number of rotatable bonds is 4. The van der Waals surface area contributed by atoms with Crippen molar-refractivity contribution in [2.24, 2.45) is 0 Å². The molecule has 0 aliphatic rings. The number of fused-ring (bicyclic) bond motifs is 1. The van der Waals surface area contributed by atoms with Crippen molar-refractivity contribution in [3.05, 3.63) is 63.2 Å². The van der Waals surface area contributed by atoms with Crippen LogP contribution in [0.1, 0.15) is 17.0 Å². The quantitative estimate of drug-likeness (QED) is 0.733. The molecular weight excluding hydrogens is 332 g/mol. The van der Waals surface area contributed by atoms with Crippen LogP contribution in [0.3, 0.4) is 0 Å². The minimum Gasteiger partial charge on any atom is -0.468 e. The van der Waals surface area contributed by atoms with Crippen molar-refractivity contribution in [1.29, 1.82) is 0 Å². The van der Waals surface area contributed by atoms with Crippen LogP contribution in [0.25, 0.3) is 10.9 Å². The third kappa shape index (κ3) is 3.15. The van der Waals surface area contributed by atoms with Gasteiger partial charge in [-0.15, -0.1) is 0 Å². The lowest BCUT2D eigenvalue weighted by Gasteiger charge is -2.07. The van der Waals surface area contributed by atoms with E-state index in [4.69, 9.17) is 0 Å². The summed E-state index contributed by atoms with van der Waals surface area (Å²) in [6.07, 6.45) is 0.246. The van der Waals surface area contributed by atoms with E-state index in [-0.39, 0.29) is 24.0 Å². The maximum atomic E-state index is 14.4. The van der Waals surface area contributed by atoms with E-state index < -0.39 is 17.6 Å². The molecule has 0 aliphatic heterocycles. The Bertz CT molecular complexity index is 1000. The summed E-state index contributed by atoms with van der Waals surface area (Å²) in [5, 5.41) is 6.60. The highest BCUT2D eigenvalue weighted by Crippen LogP contribution is 2.30. The Labute approximate surface area is 141 Å². The minimum absolute atomic E-state index is 0.128. The van der Waals surface area contributed by atoms with Crippen LogP contribution < -0.4 is 5.56 Å². The molecule has 3 aromatic rings. The molecule has 1 N–H and O–H groups in total. The molecule has 0 saturated heterocycles. The summed E-state index contributed by atoms with van der Waals surface area (Å²) in [4.78, 5) is 22.8. The molecule has 2 aromatic heterocycles. The van der Waals surface area contributed by atoms with Gasteiger partial charge in [0.05, 0.1) is 18.3 Å². The van der Waals surface area contributed by atoms with E-state index in [0.717, 1.165) is 6.07 Å². The minimum atomic E-state index is -0.761. The molecule has 1 aromatic carbocycles. The zero-order valence-corrected chi connectivity index (χ0v) is 13.6. The molecule has 0 unspecified atom stereocenters. The molecule has 2 heterocycles. The van der Waals surface area contributed by atoms with Gasteiger partial charge >= 0.3 is 5.97 Å². The van der Waals surface area contributed by atoms with Crippen molar-refractivity contribution in [3.63, 3.8) is 0 Å². The Kier molecular flexibility index (Phi) is 4.35. The fraction of sp³-hybridized carbons (Fsp3) is 0.235. The Balaban J connectivity index is 2.19. The second-order valence-electron chi connectivity index (χ2n) is 5.60. The van der Waals surface area contributed by atoms with Crippen molar-refractivity contribution < 1.29 is 18.3 Å². The summed E-state index contributed by atoms with van der Waals surface area (Å²) in [5.74, 6) is -2.02. The Morgan fingerprint density at radius 3 is 2.72 bits per heavy atom. The number of nitrogens with zero attached hydrogens (tertiary/aromatic N) is 2. The summed E-state index contributed by atoms with van der Waals surface area (Å²) in [6, 6.07) is 4.86. The number of hydrogen-bond donors (Lipinski definition) is 1. The second kappa shape index (κ2) is 6.46. The van der Waals surface area contributed by atoms with E-state index >= 15 is 0 Å². The van der Waals surface area contributed by atoms with E-state index in [1.54, 1.807) is 6.92 Å². The molecule has 0 atom stereocenters. The maximum absolute atomic E-state index is 14.4. The van der Waals surface area contributed by atoms with Crippen LogP contribution >= 0.6 is 0 Å². The van der Waals surface area contributed by atoms with Gasteiger partial charge in [0.1, 0.15) is 18.2 Å². The topological polar surface area (TPSA) is 77.0 Å². The van der Waals surface area contributed by atoms with Crippen LogP contribution in [-0.4, -0.2) is 27.8 Å². The van der Waals surface area contributed by atoms with E-state index in [9.17, 15) is 18.4 Å². The van der Waals surface area contributed by atoms with E-state index in [1.807, 2.05) is 0 Å². The number of carbonyl (C=O) groups is 1. The smallest absolute Gasteiger partial charge is 0.325 e. The summed E-state index contributed by atoms with van der Waals surface area (Å²) in [5.41, 5.74) is 1.54. The van der Waals surface area contributed by atoms with Crippen LogP contribution in [-0.2, 0) is 22.5 Å². The van der Waals surface area contributed by atoms with Gasteiger partial charge < -0.3 is 9.30 Å². The van der Waals surface area contributed by atoms with Crippen molar-refractivity contribution in [2.75, 3.05) is 7.11 Å². The number of aromatic amines is 1. The molecule has 0 aliphatic carbocycles. The van der Waals surface area contributed by atoms with Gasteiger partial charge in [-0.1, -0.05) is 0 Å². The monoisotopic (exact) mass is 347 g/mol. The van der Waals surface area contributed by atoms with Crippen LogP contribution in [0.15, 0.2) is 29.1 Å². The number of carbonyl (C=O) groups excluding carboxylic acids is 1. The Hall–Kier alpha value is -3.03. The van der Waals surface area contributed by atoms with Gasteiger partial charge in [-0.25, -0.2) is 13.9 Å². The molecule has 0 bridgehead atoms. The number of hydrogen-bond acceptors (Lipinski definition) is 4. The Morgan fingerprint density at radius 1 is 1.32 bits per heavy atom. The first-order valence-corrected chi connectivity index (χ1v) is 7.49. The first-order valence-electron chi connectivity index (χ1n) is 7.49. The van der Waals surface area contributed by atoms with E-state index in [0.29, 0.717) is 22.3 Å². The molecule has 8 heteroatoms. The average molecular weight is 347 g/mol. The normalized spacial score (nSPS) is 11.0. The Morgan fingerprint density at radius 2 is 2.08 bits per heavy atom. The average Bonchev–Trinajstić information content (AvgIpc) is 2.82. The number of aromatic nitrogens is 3. The summed E-state index contributed by atoms with van der Waals surface area (Å²) in [6.45, 7) is 1.52. The molecule has 0 saturated carbocycles. The van der Waals surface area contributed by atoms with E-state index in [1.165, 1.54) is 29.9 Å². The molecular formula is C17H15F2N3O3. The van der Waals surface area contributed by atoms with Gasteiger partial charge in [0, 0.05) is 29.6 Å². The highest BCUT2D eigenvalue weighted by molar-refractivity contribution is 5.87. The van der Waals surface area contributed by atoms with Gasteiger partial charge in [-0.3, -0.25) is 9.59 Å². The molecule has 0 spiro atoms. The molecule has 130 valence electrons. The summed E-state index contributed by atoms with van der Waals surface area (Å²) >= 11 is 0. The molecule has 0 amide bonds. The number of H-pyrrole nitrogens is 1. The van der Waals surface area contributed by atoms with Gasteiger partial charge in [0.25, 0.3) is 5.56 Å². The summed E-state index contributed by atoms with van der Waals surface area (Å²) < 4.78 is 34.2.